The fraction of sp³-hybridized carbons (Fsp3) is 0.571. The van der Waals surface area contributed by atoms with Gasteiger partial charge in [-0.1, -0.05) is 39.0 Å². The van der Waals surface area contributed by atoms with Crippen molar-refractivity contribution >= 4 is 16.5 Å². The summed E-state index contributed by atoms with van der Waals surface area (Å²) in [6.45, 7) is 9.18. The number of hydrogen-bond acceptors (Lipinski definition) is 6. The zero-order valence-corrected chi connectivity index (χ0v) is 13.9. The molecule has 21 heavy (non-hydrogen) atoms. The van der Waals surface area contributed by atoms with Gasteiger partial charge in [0.15, 0.2) is 5.01 Å². The topological polar surface area (TPSA) is 72.7 Å². The summed E-state index contributed by atoms with van der Waals surface area (Å²) < 4.78 is 1.37. The van der Waals surface area contributed by atoms with Crippen molar-refractivity contribution in [3.05, 3.63) is 22.1 Å². The van der Waals surface area contributed by atoms with Crippen molar-refractivity contribution in [2.45, 2.75) is 33.6 Å². The average molecular weight is 307 g/mol. The molecule has 6 nitrogen and oxygen atoms in total. The highest BCUT2D eigenvalue weighted by molar-refractivity contribution is 7.18. The maximum atomic E-state index is 12.2. The fourth-order valence-corrected chi connectivity index (χ4v) is 2.52. The Balaban J connectivity index is 2.35. The summed E-state index contributed by atoms with van der Waals surface area (Å²) in [5, 5.41) is 17.1. The van der Waals surface area contributed by atoms with E-state index < -0.39 is 0 Å². The highest BCUT2D eigenvalue weighted by Gasteiger charge is 2.15. The monoisotopic (exact) mass is 307 g/mol. The zero-order valence-electron chi connectivity index (χ0n) is 13.0. The van der Waals surface area contributed by atoms with Gasteiger partial charge in [-0.05, 0) is 17.9 Å². The standard InChI is InChI=1S/C14H21N5OS/c1-8(2)7-15-14-17-16-12(21-14)10-6-11(9(3)4)18-19(5)13(10)20/h6,8-9H,7H2,1-5H3,(H,15,17). The van der Waals surface area contributed by atoms with Crippen molar-refractivity contribution in [2.75, 3.05) is 11.9 Å². The van der Waals surface area contributed by atoms with E-state index in [2.05, 4.69) is 34.5 Å². The normalized spacial score (nSPS) is 11.4. The van der Waals surface area contributed by atoms with E-state index in [0.29, 0.717) is 16.5 Å². The lowest BCUT2D eigenvalue weighted by Crippen LogP contribution is -2.23. The number of anilines is 1. The van der Waals surface area contributed by atoms with Crippen molar-refractivity contribution in [2.24, 2.45) is 13.0 Å². The molecular formula is C14H21N5OS. The third kappa shape index (κ3) is 3.66. The maximum absolute atomic E-state index is 12.2. The van der Waals surface area contributed by atoms with Gasteiger partial charge in [0, 0.05) is 13.6 Å². The smallest absolute Gasteiger partial charge is 0.276 e. The molecule has 1 N–H and O–H groups in total. The minimum Gasteiger partial charge on any atom is -0.360 e. The van der Waals surface area contributed by atoms with Crippen molar-refractivity contribution in [3.63, 3.8) is 0 Å². The summed E-state index contributed by atoms with van der Waals surface area (Å²) in [6, 6.07) is 1.82. The van der Waals surface area contributed by atoms with Gasteiger partial charge in [-0.15, -0.1) is 10.2 Å². The second-order valence-corrected chi connectivity index (χ2v) is 6.73. The summed E-state index contributed by atoms with van der Waals surface area (Å²) in [6.07, 6.45) is 0. The van der Waals surface area contributed by atoms with E-state index in [4.69, 9.17) is 0 Å². The minimum absolute atomic E-state index is 0.147. The number of hydrogen-bond donors (Lipinski definition) is 1. The van der Waals surface area contributed by atoms with Crippen LogP contribution in [0.15, 0.2) is 10.9 Å². The van der Waals surface area contributed by atoms with Crippen LogP contribution in [0.3, 0.4) is 0 Å². The summed E-state index contributed by atoms with van der Waals surface area (Å²) in [4.78, 5) is 12.2. The zero-order chi connectivity index (χ0) is 15.6. The molecule has 7 heteroatoms. The van der Waals surface area contributed by atoms with Gasteiger partial charge in [0.1, 0.15) is 0 Å². The van der Waals surface area contributed by atoms with Gasteiger partial charge in [-0.3, -0.25) is 4.79 Å². The van der Waals surface area contributed by atoms with Crippen LogP contribution in [0.2, 0.25) is 0 Å². The summed E-state index contributed by atoms with van der Waals surface area (Å²) in [7, 11) is 1.66. The SMILES string of the molecule is CC(C)CNc1nnc(-c2cc(C(C)C)nn(C)c2=O)s1. The maximum Gasteiger partial charge on any atom is 0.276 e. The van der Waals surface area contributed by atoms with Crippen LogP contribution in [0.4, 0.5) is 5.13 Å². The quantitative estimate of drug-likeness (QED) is 0.918. The Morgan fingerprint density at radius 2 is 2.00 bits per heavy atom. The van der Waals surface area contributed by atoms with Crippen molar-refractivity contribution in [3.8, 4) is 10.6 Å². The van der Waals surface area contributed by atoms with Gasteiger partial charge in [0.2, 0.25) is 5.13 Å². The first kappa shape index (κ1) is 15.6. The molecule has 0 aliphatic rings. The summed E-state index contributed by atoms with van der Waals surface area (Å²) in [5.74, 6) is 0.778. The van der Waals surface area contributed by atoms with Gasteiger partial charge in [-0.2, -0.15) is 5.10 Å². The van der Waals surface area contributed by atoms with Crippen molar-refractivity contribution in [1.82, 2.24) is 20.0 Å². The molecule has 0 amide bonds. The van der Waals surface area contributed by atoms with E-state index >= 15 is 0 Å². The third-order valence-electron chi connectivity index (χ3n) is 2.99. The van der Waals surface area contributed by atoms with E-state index in [1.54, 1.807) is 7.05 Å². The van der Waals surface area contributed by atoms with Gasteiger partial charge in [0.25, 0.3) is 5.56 Å². The molecule has 0 aliphatic heterocycles. The predicted molar refractivity (Wildman–Crippen MR) is 85.8 cm³/mol. The van der Waals surface area contributed by atoms with Crippen LogP contribution in [0.25, 0.3) is 10.6 Å². The molecule has 114 valence electrons. The lowest BCUT2D eigenvalue weighted by Gasteiger charge is -2.07. The molecule has 2 aromatic rings. The lowest BCUT2D eigenvalue weighted by atomic mass is 10.1. The summed E-state index contributed by atoms with van der Waals surface area (Å²) >= 11 is 1.40. The second kappa shape index (κ2) is 6.34. The molecule has 0 aliphatic carbocycles. The number of nitrogens with zero attached hydrogens (tertiary/aromatic N) is 4. The highest BCUT2D eigenvalue weighted by Crippen LogP contribution is 2.25. The van der Waals surface area contributed by atoms with Crippen LogP contribution in [0.5, 0.6) is 0 Å². The molecular weight excluding hydrogens is 286 g/mol. The molecule has 2 aromatic heterocycles. The Hall–Kier alpha value is -1.76. The van der Waals surface area contributed by atoms with Crippen LogP contribution in [0.1, 0.15) is 39.3 Å². The molecule has 0 saturated heterocycles. The van der Waals surface area contributed by atoms with E-state index in [-0.39, 0.29) is 11.5 Å². The summed E-state index contributed by atoms with van der Waals surface area (Å²) in [5.41, 5.74) is 1.29. The molecule has 0 saturated carbocycles. The molecule has 0 aromatic carbocycles. The van der Waals surface area contributed by atoms with Crippen molar-refractivity contribution < 1.29 is 0 Å². The van der Waals surface area contributed by atoms with Gasteiger partial charge in [0.05, 0.1) is 11.3 Å². The first-order chi connectivity index (χ1) is 9.88. The van der Waals surface area contributed by atoms with E-state index in [1.165, 1.54) is 16.0 Å². The van der Waals surface area contributed by atoms with Crippen LogP contribution in [0, 0.1) is 5.92 Å². The van der Waals surface area contributed by atoms with Crippen LogP contribution in [-0.2, 0) is 7.05 Å². The lowest BCUT2D eigenvalue weighted by molar-refractivity contribution is 0.655. The third-order valence-corrected chi connectivity index (χ3v) is 3.90. The first-order valence-corrected chi connectivity index (χ1v) is 7.86. The second-order valence-electron chi connectivity index (χ2n) is 5.75. The molecule has 0 radical (unpaired) electrons. The largest absolute Gasteiger partial charge is 0.360 e. The van der Waals surface area contributed by atoms with E-state index in [9.17, 15) is 4.79 Å². The van der Waals surface area contributed by atoms with Crippen LogP contribution < -0.4 is 10.9 Å². The van der Waals surface area contributed by atoms with E-state index in [1.807, 2.05) is 19.9 Å². The Morgan fingerprint density at radius 1 is 1.29 bits per heavy atom. The van der Waals surface area contributed by atoms with Gasteiger partial charge in [-0.25, -0.2) is 4.68 Å². The predicted octanol–water partition coefficient (Wildman–Crippen LogP) is 2.49. The molecule has 0 unspecified atom stereocenters. The number of aromatic nitrogens is 4. The number of rotatable bonds is 5. The Labute approximate surface area is 128 Å². The number of aryl methyl sites for hydroxylation is 1. The fourth-order valence-electron chi connectivity index (χ4n) is 1.76. The molecule has 2 rings (SSSR count). The highest BCUT2D eigenvalue weighted by atomic mass is 32.1. The van der Waals surface area contributed by atoms with Gasteiger partial charge >= 0.3 is 0 Å². The molecule has 0 bridgehead atoms. The number of nitrogens with one attached hydrogen (secondary N) is 1. The van der Waals surface area contributed by atoms with Gasteiger partial charge < -0.3 is 5.32 Å². The Morgan fingerprint density at radius 3 is 2.62 bits per heavy atom. The molecule has 0 spiro atoms. The minimum atomic E-state index is -0.147. The van der Waals surface area contributed by atoms with Crippen LogP contribution in [-0.4, -0.2) is 26.5 Å². The van der Waals surface area contributed by atoms with E-state index in [0.717, 1.165) is 17.4 Å². The molecule has 0 fully saturated rings. The first-order valence-electron chi connectivity index (χ1n) is 7.04. The molecule has 0 atom stereocenters. The Bertz CT molecular complexity index is 674. The van der Waals surface area contributed by atoms with Crippen LogP contribution >= 0.6 is 11.3 Å². The average Bonchev–Trinajstić information content (AvgIpc) is 2.87. The Kier molecular flexibility index (Phi) is 4.72. The van der Waals surface area contributed by atoms with Crippen molar-refractivity contribution in [1.29, 1.82) is 0 Å². The molecule has 2 heterocycles.